The van der Waals surface area contributed by atoms with Gasteiger partial charge in [0, 0.05) is 168 Å². The summed E-state index contributed by atoms with van der Waals surface area (Å²) >= 11 is 1.38. The number of thioether (sulfide) groups is 1. The number of amides is 7. The molecule has 9 atom stereocenters. The van der Waals surface area contributed by atoms with Crippen molar-refractivity contribution in [2.45, 2.75) is 288 Å². The van der Waals surface area contributed by atoms with Crippen molar-refractivity contribution in [3.05, 3.63) is 137 Å². The summed E-state index contributed by atoms with van der Waals surface area (Å²) in [6.45, 7) is 20.1. The Labute approximate surface area is 868 Å². The van der Waals surface area contributed by atoms with Crippen molar-refractivity contribution in [1.29, 1.82) is 0 Å². The lowest BCUT2D eigenvalue weighted by Crippen LogP contribution is -2.52. The van der Waals surface area contributed by atoms with E-state index in [2.05, 4.69) is 93.6 Å². The normalized spacial score (nSPS) is 16.2. The van der Waals surface area contributed by atoms with E-state index in [1.165, 1.54) is 52.7 Å². The molecule has 40 nitrogen and oxygen atoms in total. The topological polar surface area (TPSA) is 594 Å². The molecule has 3 aromatic carbocycles. The number of aliphatic carboxylic acids is 5. The Kier molecular flexibility index (Phi) is 51.8. The first-order valence-electron chi connectivity index (χ1n) is 50.2. The van der Waals surface area contributed by atoms with Crippen LogP contribution in [-0.4, -0.2) is 280 Å². The standard InChI is InChI=1S/C106H146N10O30S2/c1-13-86(118)82(65-147-12)108-93(123)44-43-88(120)80(57-66(3)4)112-103(138)85-26-23-52-116(85)94(124)64-144-53-24-27-87(119)81(59-69-31-33-70(34-32-69)68(6)113-146-54-50-107-104(139)145-56-55-143-11)111-102(137)73(37-47-97(129)130)62-90(122)79(40-49-99(133)134)110-101(136)72(36-46-96(127)128)61-89(121)78(39-48-98(131)132)109-100(135)71(35-45-95(125)126)60-74(117)25-19-18-22-51-115-84-42-38-75(148(140,141)142)63-77(84)106(9,10)92(115)29-21-17-15-16-20-28-91-105(7,8)76-58-67(5)30-41-83(76)114(91)14-2/h15-17,20-21,28-34,38,41-42,58,63,66,71-73,78-82,85H,13-14,18-19,22-27,35-37,39-40,43-57,59-62,64-65H2,1-12H3,(H11-,107,108,109,110,111,112,123,125,126,127,128,129,130,131,132,133,134,135,136,137,138,139,140,141,142)/p+1/b113-68+/t71-,72-,73-,78+,79+,80-,81-,82-,85-/m0/s1. The summed E-state index contributed by atoms with van der Waals surface area (Å²) in [6.07, 6.45) is 6.20. The number of hydrogen-bond donors (Lipinski definition) is 12. The molecule has 1 saturated heterocycles. The van der Waals surface area contributed by atoms with Gasteiger partial charge in [0.2, 0.25) is 41.1 Å². The monoisotopic (exact) mass is 2100 g/mol. The maximum Gasteiger partial charge on any atom is 0.407 e. The van der Waals surface area contributed by atoms with Gasteiger partial charge in [-0.05, 0) is 171 Å². The Morgan fingerprint density at radius 3 is 1.72 bits per heavy atom. The number of rotatable bonds is 71. The number of likely N-dealkylation sites (tertiary alicyclic amines) is 1. The molecule has 812 valence electrons. The van der Waals surface area contributed by atoms with Gasteiger partial charge in [0.15, 0.2) is 34.6 Å². The SMILES string of the molecule is CCC(=O)[C@H](CSC)NC(=O)CCC(=O)[C@H](CC(C)C)NC(=O)[C@@H]1CCCN1C(=O)COCCCC(=O)[C@H](Cc1ccc(/C(C)=N/OCCNC(=O)OCCOC)cc1)NC(=O)[C@@H](CCC(=O)O)CC(=O)[C@@H](CCC(=O)O)NC(=O)[C@@H](CCC(=O)O)CC(=O)[C@@H](CCC(=O)O)NC(=O)[C@@H](CCC(=O)O)CC(=O)CCCCCN1/C(=C/C=C/C=C/C=C/C2=[N+](CC)c3ccc(C)cc3C2(C)C)C(C)(C)c2cc(S(=O)(=O)O)ccc21. The number of nitrogens with zero attached hydrogens (tertiary/aromatic N) is 4. The van der Waals surface area contributed by atoms with E-state index >= 15 is 0 Å². The first kappa shape index (κ1) is 124. The number of benzene rings is 3. The Morgan fingerprint density at radius 1 is 0.581 bits per heavy atom. The number of carboxylic acids is 5. The minimum absolute atomic E-state index is 0.0194. The summed E-state index contributed by atoms with van der Waals surface area (Å²) < 4.78 is 52.9. The van der Waals surface area contributed by atoms with E-state index in [4.69, 9.17) is 19.0 Å². The van der Waals surface area contributed by atoms with Crippen molar-refractivity contribution < 1.29 is 148 Å². The second kappa shape index (κ2) is 61.9. The van der Waals surface area contributed by atoms with Crippen LogP contribution in [0, 0.1) is 30.6 Å². The number of Topliss-reactive ketones (excluding diaryl/α,β-unsaturated/α-hetero) is 6. The van der Waals surface area contributed by atoms with Crippen LogP contribution in [0.4, 0.5) is 16.2 Å². The highest BCUT2D eigenvalue weighted by atomic mass is 32.2. The number of nitrogens with one attached hydrogen (secondary N) is 6. The second-order valence-electron chi connectivity index (χ2n) is 38.6. The predicted octanol–water partition coefficient (Wildman–Crippen LogP) is 10.5. The van der Waals surface area contributed by atoms with Gasteiger partial charge in [-0.2, -0.15) is 24.8 Å². The lowest BCUT2D eigenvalue weighted by atomic mass is 9.81. The van der Waals surface area contributed by atoms with E-state index < -0.39 is 260 Å². The summed E-state index contributed by atoms with van der Waals surface area (Å²) in [5.41, 5.74) is 7.16. The quantitative estimate of drug-likeness (QED) is 0.00624. The third-order valence-electron chi connectivity index (χ3n) is 26.1. The molecule has 0 spiro atoms. The average molecular weight is 2110 g/mol. The zero-order valence-electron chi connectivity index (χ0n) is 86.6. The summed E-state index contributed by atoms with van der Waals surface area (Å²) in [6, 6.07) is 9.41. The molecule has 42 heteroatoms. The van der Waals surface area contributed by atoms with Gasteiger partial charge in [-0.1, -0.05) is 112 Å². The molecule has 0 radical (unpaired) electrons. The molecule has 0 saturated carbocycles. The van der Waals surface area contributed by atoms with E-state index in [0.29, 0.717) is 59.6 Å². The van der Waals surface area contributed by atoms with Gasteiger partial charge in [0.05, 0.1) is 59.4 Å². The fourth-order valence-corrected chi connectivity index (χ4v) is 19.0. The number of methoxy groups -OCH3 is 1. The number of unbranched alkanes of at least 4 members (excludes halogenated alkanes) is 2. The first-order chi connectivity index (χ1) is 70.0. The summed E-state index contributed by atoms with van der Waals surface area (Å²) in [7, 11) is -3.15. The van der Waals surface area contributed by atoms with Gasteiger partial charge < -0.3 is 86.3 Å². The number of allylic oxidation sites excluding steroid dienone is 8. The number of anilines is 1. The zero-order chi connectivity index (χ0) is 110. The zero-order valence-corrected chi connectivity index (χ0v) is 88.3. The lowest BCUT2D eigenvalue weighted by molar-refractivity contribution is -0.433. The number of carbonyl (C=O) groups excluding carboxylic acids is 13. The number of alkyl carbamates (subject to hydrolysis) is 1. The predicted molar refractivity (Wildman–Crippen MR) is 550 cm³/mol. The molecule has 6 rings (SSSR count). The minimum Gasteiger partial charge on any atom is -0.481 e. The Balaban J connectivity index is 1.16. The van der Waals surface area contributed by atoms with Crippen molar-refractivity contribution in [3.8, 4) is 0 Å². The number of carboxylic acid groups (broad SMARTS) is 5. The summed E-state index contributed by atoms with van der Waals surface area (Å²) in [5, 5.41) is 69.2. The number of hydrogen-bond acceptors (Lipinski definition) is 27. The molecule has 3 aliphatic heterocycles. The number of aryl methyl sites for hydroxylation is 1. The van der Waals surface area contributed by atoms with Crippen molar-refractivity contribution in [1.82, 2.24) is 36.8 Å². The molecule has 0 aromatic heterocycles. The highest BCUT2D eigenvalue weighted by Gasteiger charge is 2.46. The molecule has 7 amide bonds. The number of fused-ring (bicyclic) bond motifs is 2. The number of ketones is 6. The second-order valence-corrected chi connectivity index (χ2v) is 40.9. The molecule has 1 fully saturated rings. The van der Waals surface area contributed by atoms with E-state index in [1.807, 2.05) is 69.1 Å². The molecule has 0 bridgehead atoms. The van der Waals surface area contributed by atoms with Crippen LogP contribution in [0.15, 0.2) is 119 Å². The number of carbonyl (C=O) groups is 18. The van der Waals surface area contributed by atoms with Crippen LogP contribution >= 0.6 is 11.8 Å². The Morgan fingerprint density at radius 2 is 1.16 bits per heavy atom. The van der Waals surface area contributed by atoms with E-state index in [-0.39, 0.29) is 126 Å². The highest BCUT2D eigenvalue weighted by molar-refractivity contribution is 7.98. The molecule has 0 aliphatic carbocycles. The molecule has 12 N–H and O–H groups in total. The molecule has 3 aliphatic rings. The third kappa shape index (κ3) is 40.7. The van der Waals surface area contributed by atoms with Crippen molar-refractivity contribution in [2.24, 2.45) is 28.8 Å². The van der Waals surface area contributed by atoms with E-state index in [0.717, 1.165) is 18.0 Å². The van der Waals surface area contributed by atoms with Crippen LogP contribution < -0.4 is 36.8 Å². The number of oxime groups is 1. The Bertz CT molecular complexity index is 5510. The smallest absolute Gasteiger partial charge is 0.407 e. The summed E-state index contributed by atoms with van der Waals surface area (Å²) in [5.74, 6) is -20.7. The van der Waals surface area contributed by atoms with E-state index in [9.17, 15) is 125 Å². The molecule has 3 heterocycles. The van der Waals surface area contributed by atoms with E-state index in [1.54, 1.807) is 50.4 Å². The summed E-state index contributed by atoms with van der Waals surface area (Å²) in [4.78, 5) is 250. The van der Waals surface area contributed by atoms with Crippen LogP contribution in [0.2, 0.25) is 0 Å². The maximum absolute atomic E-state index is 14.9. The third-order valence-corrected chi connectivity index (χ3v) is 27.6. The van der Waals surface area contributed by atoms with Crippen LogP contribution in [0.3, 0.4) is 0 Å². The van der Waals surface area contributed by atoms with Gasteiger partial charge >= 0.3 is 35.9 Å². The van der Waals surface area contributed by atoms with Crippen molar-refractivity contribution in [2.75, 3.05) is 83.2 Å². The number of ether oxygens (including phenoxy) is 3. The lowest BCUT2D eigenvalue weighted by Gasteiger charge is -2.27. The maximum atomic E-state index is 14.9. The average Bonchev–Trinajstić information content (AvgIpc) is 1.63. The van der Waals surface area contributed by atoms with Gasteiger partial charge in [-0.15, -0.1) is 0 Å². The van der Waals surface area contributed by atoms with Gasteiger partial charge in [-0.25, -0.2) is 4.79 Å². The molecular weight excluding hydrogens is 1960 g/mol. The van der Waals surface area contributed by atoms with Crippen LogP contribution in [0.5, 0.6) is 0 Å². The largest absolute Gasteiger partial charge is 0.481 e. The fraction of sp³-hybridized carbons (Fsp3) is 0.566. The molecule has 148 heavy (non-hydrogen) atoms. The van der Waals surface area contributed by atoms with Crippen LogP contribution in [0.1, 0.15) is 251 Å². The van der Waals surface area contributed by atoms with Crippen molar-refractivity contribution >= 4 is 151 Å². The van der Waals surface area contributed by atoms with Crippen LogP contribution in [-0.2, 0) is 128 Å². The molecular formula is C106H147N10O30S2+. The molecule has 3 aromatic rings. The van der Waals surface area contributed by atoms with Gasteiger partial charge in [0.25, 0.3) is 10.1 Å². The first-order valence-corrected chi connectivity index (χ1v) is 53.0. The molecule has 0 unspecified atom stereocenters. The minimum atomic E-state index is -4.60. The van der Waals surface area contributed by atoms with Gasteiger partial charge in [-0.3, -0.25) is 86.1 Å². The van der Waals surface area contributed by atoms with Gasteiger partial charge in [0.1, 0.15) is 38.2 Å². The Hall–Kier alpha value is -12.8. The van der Waals surface area contributed by atoms with Crippen LogP contribution in [0.25, 0.3) is 0 Å². The fourth-order valence-electron chi connectivity index (χ4n) is 17.9. The highest BCUT2D eigenvalue weighted by Crippen LogP contribution is 2.49. The van der Waals surface area contributed by atoms with Crippen molar-refractivity contribution in [3.63, 3.8) is 0 Å².